The zero-order valence-corrected chi connectivity index (χ0v) is 17.8. The highest BCUT2D eigenvalue weighted by Gasteiger charge is 2.31. The lowest BCUT2D eigenvalue weighted by Gasteiger charge is -2.15. The molecule has 0 radical (unpaired) electrons. The summed E-state index contributed by atoms with van der Waals surface area (Å²) in [5, 5.41) is 0.587. The van der Waals surface area contributed by atoms with E-state index in [0.29, 0.717) is 22.7 Å². The van der Waals surface area contributed by atoms with Crippen molar-refractivity contribution in [2.24, 2.45) is 4.99 Å². The number of amides is 1. The van der Waals surface area contributed by atoms with Gasteiger partial charge in [0.25, 0.3) is 15.9 Å². The highest BCUT2D eigenvalue weighted by molar-refractivity contribution is 7.90. The van der Waals surface area contributed by atoms with E-state index in [1.54, 1.807) is 30.3 Å². The van der Waals surface area contributed by atoms with Gasteiger partial charge in [-0.05, 0) is 43.2 Å². The molecule has 2 aromatic carbocycles. The number of sulfonamides is 1. The zero-order chi connectivity index (χ0) is 21.0. The maximum atomic E-state index is 12.7. The number of aryl methyl sites for hydroxylation is 1. The van der Waals surface area contributed by atoms with Crippen LogP contribution in [-0.4, -0.2) is 26.2 Å². The van der Waals surface area contributed by atoms with Crippen molar-refractivity contribution in [1.82, 2.24) is 10.1 Å². The molecule has 7 nitrogen and oxygen atoms in total. The lowest BCUT2D eigenvalue weighted by atomic mass is 10.1. The molecule has 0 fully saturated rings. The molecule has 0 aliphatic carbocycles. The average Bonchev–Trinajstić information content (AvgIpc) is 2.96. The zero-order valence-electron chi connectivity index (χ0n) is 16.2. The Bertz CT molecular complexity index is 1050. The molecular formula is C20H23ClN4O3S. The van der Waals surface area contributed by atoms with E-state index >= 15 is 0 Å². The van der Waals surface area contributed by atoms with Crippen LogP contribution in [0.2, 0.25) is 5.02 Å². The molecule has 1 unspecified atom stereocenters. The topological polar surface area (TPSA) is 99.7 Å². The lowest BCUT2D eigenvalue weighted by Crippen LogP contribution is -2.38. The second-order valence-electron chi connectivity index (χ2n) is 6.82. The minimum absolute atomic E-state index is 0.167. The smallest absolute Gasteiger partial charge is 0.263 e. The van der Waals surface area contributed by atoms with E-state index in [2.05, 4.69) is 20.6 Å². The van der Waals surface area contributed by atoms with Crippen molar-refractivity contribution in [3.8, 4) is 0 Å². The van der Waals surface area contributed by atoms with E-state index in [-0.39, 0.29) is 16.6 Å². The van der Waals surface area contributed by atoms with Gasteiger partial charge in [0.2, 0.25) is 0 Å². The van der Waals surface area contributed by atoms with Crippen molar-refractivity contribution in [3.05, 3.63) is 58.6 Å². The molecule has 2 aromatic rings. The second kappa shape index (κ2) is 8.84. The minimum atomic E-state index is -3.65. The van der Waals surface area contributed by atoms with Crippen molar-refractivity contribution >= 4 is 39.1 Å². The number of halogens is 1. The fourth-order valence-electron chi connectivity index (χ4n) is 2.93. The number of nitrogens with one attached hydrogen (secondary N) is 3. The first-order chi connectivity index (χ1) is 13.8. The van der Waals surface area contributed by atoms with Crippen molar-refractivity contribution in [2.45, 2.75) is 44.0 Å². The highest BCUT2D eigenvalue weighted by atomic mass is 35.5. The first-order valence-corrected chi connectivity index (χ1v) is 11.2. The van der Waals surface area contributed by atoms with Gasteiger partial charge in [-0.25, -0.2) is 8.42 Å². The monoisotopic (exact) mass is 434 g/mol. The average molecular weight is 435 g/mol. The Balaban J connectivity index is 1.80. The number of fused-ring (bicyclic) bond motifs is 1. The molecular weight excluding hydrogens is 412 g/mol. The van der Waals surface area contributed by atoms with Crippen LogP contribution in [0.25, 0.3) is 0 Å². The molecule has 0 aromatic heterocycles. The Morgan fingerprint density at radius 1 is 1.24 bits per heavy atom. The molecule has 0 saturated heterocycles. The normalized spacial score (nSPS) is 16.7. The summed E-state index contributed by atoms with van der Waals surface area (Å²) in [4.78, 5) is 17.4. The van der Waals surface area contributed by atoms with Crippen LogP contribution >= 0.6 is 11.6 Å². The number of unbranched alkanes of at least 4 members (excludes halogenated alkanes) is 1. The molecule has 3 N–H and O–H groups in total. The predicted octanol–water partition coefficient (Wildman–Crippen LogP) is 3.39. The van der Waals surface area contributed by atoms with Gasteiger partial charge in [-0.1, -0.05) is 49.6 Å². The number of carbonyl (C=O) groups excluding carboxylic acids is 1. The minimum Gasteiger partial charge on any atom is -0.299 e. The number of nitrogens with zero attached hydrogens (tertiary/aromatic N) is 1. The SMILES string of the molecule is CCCCC(N=C1NS(=O)(=O)c2ccccc21)C(=O)NNc1ccc(C)c(Cl)c1. The van der Waals surface area contributed by atoms with E-state index < -0.39 is 16.1 Å². The Hall–Kier alpha value is -2.58. The van der Waals surface area contributed by atoms with Crippen molar-refractivity contribution in [2.75, 3.05) is 5.43 Å². The maximum Gasteiger partial charge on any atom is 0.263 e. The van der Waals surface area contributed by atoms with Crippen molar-refractivity contribution in [3.63, 3.8) is 0 Å². The molecule has 0 bridgehead atoms. The number of carbonyl (C=O) groups is 1. The summed E-state index contributed by atoms with van der Waals surface area (Å²) in [6, 6.07) is 11.2. The van der Waals surface area contributed by atoms with Crippen LogP contribution in [0, 0.1) is 6.92 Å². The number of aliphatic imine (C=N–C) groups is 1. The third-order valence-corrected chi connectivity index (χ3v) is 6.39. The number of rotatable bonds is 7. The van der Waals surface area contributed by atoms with Gasteiger partial charge in [-0.3, -0.25) is 25.4 Å². The van der Waals surface area contributed by atoms with Gasteiger partial charge in [-0.15, -0.1) is 0 Å². The molecule has 1 amide bonds. The Labute approximate surface area is 175 Å². The van der Waals surface area contributed by atoms with Gasteiger partial charge < -0.3 is 0 Å². The third kappa shape index (κ3) is 4.89. The van der Waals surface area contributed by atoms with Crippen LogP contribution in [0.5, 0.6) is 0 Å². The van der Waals surface area contributed by atoms with E-state index in [4.69, 9.17) is 11.6 Å². The first-order valence-electron chi connectivity index (χ1n) is 9.34. The summed E-state index contributed by atoms with van der Waals surface area (Å²) in [5.41, 5.74) is 7.53. The van der Waals surface area contributed by atoms with Gasteiger partial charge in [-0.2, -0.15) is 0 Å². The standard InChI is InChI=1S/C20H23ClN4O3S/c1-3-4-8-17(20(26)24-23-14-11-10-13(2)16(21)12-14)22-19-15-7-5-6-9-18(15)29(27,28)25-19/h5-7,9-12,17,23H,3-4,8H2,1-2H3,(H,22,25)(H,24,26). The molecule has 1 atom stereocenters. The predicted molar refractivity (Wildman–Crippen MR) is 115 cm³/mol. The van der Waals surface area contributed by atoms with E-state index in [9.17, 15) is 13.2 Å². The Morgan fingerprint density at radius 2 is 2.00 bits per heavy atom. The fraction of sp³-hybridized carbons (Fsp3) is 0.300. The fourth-order valence-corrected chi connectivity index (χ4v) is 4.34. The molecule has 1 heterocycles. The molecule has 29 heavy (non-hydrogen) atoms. The molecule has 9 heteroatoms. The van der Waals surface area contributed by atoms with Gasteiger partial charge in [0.05, 0.1) is 10.6 Å². The number of hydrogen-bond acceptors (Lipinski definition) is 5. The number of hydrazine groups is 1. The van der Waals surface area contributed by atoms with E-state index in [0.717, 1.165) is 18.4 Å². The summed E-state index contributed by atoms with van der Waals surface area (Å²) < 4.78 is 27.0. The summed E-state index contributed by atoms with van der Waals surface area (Å²) in [5.74, 6) is -0.165. The third-order valence-electron chi connectivity index (χ3n) is 4.58. The van der Waals surface area contributed by atoms with E-state index in [1.165, 1.54) is 6.07 Å². The number of hydrogen-bond donors (Lipinski definition) is 3. The van der Waals surface area contributed by atoms with Crippen molar-refractivity contribution < 1.29 is 13.2 Å². The van der Waals surface area contributed by atoms with Gasteiger partial charge in [0.1, 0.15) is 11.9 Å². The molecule has 0 saturated carbocycles. The van der Waals surface area contributed by atoms with Crippen LogP contribution < -0.4 is 15.6 Å². The number of amidine groups is 1. The number of benzene rings is 2. The number of anilines is 1. The van der Waals surface area contributed by atoms with Crippen LogP contribution in [0.1, 0.15) is 37.3 Å². The summed E-state index contributed by atoms with van der Waals surface area (Å²) >= 11 is 6.11. The Kier molecular flexibility index (Phi) is 6.44. The van der Waals surface area contributed by atoms with Crippen molar-refractivity contribution in [1.29, 1.82) is 0 Å². The van der Waals surface area contributed by atoms with Crippen LogP contribution in [0.4, 0.5) is 5.69 Å². The van der Waals surface area contributed by atoms with Gasteiger partial charge >= 0.3 is 0 Å². The largest absolute Gasteiger partial charge is 0.299 e. The van der Waals surface area contributed by atoms with Crippen LogP contribution in [0.3, 0.4) is 0 Å². The summed E-state index contributed by atoms with van der Waals surface area (Å²) in [6.07, 6.45) is 2.16. The van der Waals surface area contributed by atoms with Gasteiger partial charge in [0, 0.05) is 10.6 Å². The Morgan fingerprint density at radius 3 is 2.72 bits per heavy atom. The van der Waals surface area contributed by atoms with Crippen LogP contribution in [-0.2, 0) is 14.8 Å². The molecule has 3 rings (SSSR count). The quantitative estimate of drug-likeness (QED) is 0.581. The maximum absolute atomic E-state index is 12.7. The summed E-state index contributed by atoms with van der Waals surface area (Å²) in [6.45, 7) is 3.91. The highest BCUT2D eigenvalue weighted by Crippen LogP contribution is 2.23. The first kappa shape index (κ1) is 21.1. The van der Waals surface area contributed by atoms with Gasteiger partial charge in [0.15, 0.2) is 0 Å². The molecule has 1 aliphatic heterocycles. The van der Waals surface area contributed by atoms with E-state index in [1.807, 2.05) is 19.9 Å². The second-order valence-corrected chi connectivity index (χ2v) is 8.87. The molecule has 1 aliphatic rings. The van der Waals surface area contributed by atoms with Crippen LogP contribution in [0.15, 0.2) is 52.4 Å². The molecule has 154 valence electrons. The summed E-state index contributed by atoms with van der Waals surface area (Å²) in [7, 11) is -3.65. The molecule has 0 spiro atoms. The lowest BCUT2D eigenvalue weighted by molar-refractivity contribution is -0.121.